The second-order valence-corrected chi connectivity index (χ2v) is 7.24. The second-order valence-electron chi connectivity index (χ2n) is 6.39. The number of nitrogens with zero attached hydrogens (tertiary/aromatic N) is 2. The molecule has 27 heavy (non-hydrogen) atoms. The van der Waals surface area contributed by atoms with Crippen molar-refractivity contribution in [2.24, 2.45) is 4.99 Å². The molecule has 2 rings (SSSR count). The predicted molar refractivity (Wildman–Crippen MR) is 127 cm³/mol. The summed E-state index contributed by atoms with van der Waals surface area (Å²) in [4.78, 5) is 18.6. The van der Waals surface area contributed by atoms with Crippen LogP contribution in [0.3, 0.4) is 0 Å². The quantitative estimate of drug-likeness (QED) is 0.264. The maximum absolute atomic E-state index is 11.7. The van der Waals surface area contributed by atoms with Crippen molar-refractivity contribution in [1.82, 2.24) is 16.0 Å². The Hall–Kier alpha value is -1.03. The number of benzene rings is 1. The van der Waals surface area contributed by atoms with E-state index in [0.717, 1.165) is 49.5 Å². The zero-order chi connectivity index (χ0) is 18.8. The molecule has 1 aliphatic rings. The topological polar surface area (TPSA) is 68.8 Å². The normalized spacial score (nSPS) is 16.6. The van der Waals surface area contributed by atoms with E-state index < -0.39 is 0 Å². The van der Waals surface area contributed by atoms with Gasteiger partial charge in [0.2, 0.25) is 5.91 Å². The fraction of sp³-hybridized carbons (Fsp3) is 0.579. The van der Waals surface area contributed by atoms with Gasteiger partial charge in [-0.3, -0.25) is 9.79 Å². The third-order valence-electron chi connectivity index (χ3n) is 4.25. The number of hydrogen-bond acceptors (Lipinski definition) is 3. The van der Waals surface area contributed by atoms with Crippen LogP contribution in [0.2, 0.25) is 0 Å². The SMILES string of the molecule is CCCNC(=O)CCN=C(NCC)NC1CCN(c2ccccc2Br)C1.I. The number of hydrogen-bond donors (Lipinski definition) is 3. The van der Waals surface area contributed by atoms with Crippen molar-refractivity contribution < 1.29 is 4.79 Å². The largest absolute Gasteiger partial charge is 0.368 e. The molecule has 1 saturated heterocycles. The number of carbonyl (C=O) groups excluding carboxylic acids is 1. The number of para-hydroxylation sites is 1. The highest BCUT2D eigenvalue weighted by Gasteiger charge is 2.24. The molecule has 0 bridgehead atoms. The molecule has 1 unspecified atom stereocenters. The van der Waals surface area contributed by atoms with Crippen molar-refractivity contribution in [1.29, 1.82) is 0 Å². The lowest BCUT2D eigenvalue weighted by atomic mass is 10.2. The molecule has 1 fully saturated rings. The van der Waals surface area contributed by atoms with Crippen molar-refractivity contribution >= 4 is 57.5 Å². The van der Waals surface area contributed by atoms with E-state index in [4.69, 9.17) is 0 Å². The third-order valence-corrected chi connectivity index (χ3v) is 4.92. The molecule has 3 N–H and O–H groups in total. The van der Waals surface area contributed by atoms with Crippen LogP contribution in [0.25, 0.3) is 0 Å². The average molecular weight is 552 g/mol. The molecule has 1 aromatic carbocycles. The minimum absolute atomic E-state index is 0. The van der Waals surface area contributed by atoms with E-state index in [1.165, 1.54) is 5.69 Å². The Labute approximate surface area is 188 Å². The molecule has 1 heterocycles. The molecular formula is C19H31BrIN5O. The summed E-state index contributed by atoms with van der Waals surface area (Å²) in [5.41, 5.74) is 1.23. The van der Waals surface area contributed by atoms with E-state index in [0.29, 0.717) is 19.0 Å². The van der Waals surface area contributed by atoms with Crippen LogP contribution in [0, 0.1) is 0 Å². The molecule has 0 spiro atoms. The lowest BCUT2D eigenvalue weighted by molar-refractivity contribution is -0.120. The van der Waals surface area contributed by atoms with Crippen LogP contribution in [-0.4, -0.2) is 50.6 Å². The van der Waals surface area contributed by atoms with Gasteiger partial charge in [-0.05, 0) is 47.8 Å². The van der Waals surface area contributed by atoms with Crippen LogP contribution in [0.5, 0.6) is 0 Å². The zero-order valence-electron chi connectivity index (χ0n) is 16.1. The van der Waals surface area contributed by atoms with Gasteiger partial charge in [-0.25, -0.2) is 0 Å². The van der Waals surface area contributed by atoms with Crippen LogP contribution in [-0.2, 0) is 4.79 Å². The van der Waals surface area contributed by atoms with Crippen LogP contribution in [0.4, 0.5) is 5.69 Å². The van der Waals surface area contributed by atoms with Crippen molar-refractivity contribution in [3.63, 3.8) is 0 Å². The van der Waals surface area contributed by atoms with Crippen LogP contribution in [0.1, 0.15) is 33.1 Å². The summed E-state index contributed by atoms with van der Waals surface area (Å²) < 4.78 is 1.12. The van der Waals surface area contributed by atoms with Crippen LogP contribution < -0.4 is 20.9 Å². The molecule has 0 aromatic heterocycles. The van der Waals surface area contributed by atoms with Gasteiger partial charge in [-0.2, -0.15) is 0 Å². The van der Waals surface area contributed by atoms with Gasteiger partial charge in [-0.1, -0.05) is 19.1 Å². The number of aliphatic imine (C=N–C) groups is 1. The first-order valence-corrected chi connectivity index (χ1v) is 10.2. The van der Waals surface area contributed by atoms with Gasteiger partial charge in [0.1, 0.15) is 0 Å². The van der Waals surface area contributed by atoms with Gasteiger partial charge in [0.05, 0.1) is 12.2 Å². The monoisotopic (exact) mass is 551 g/mol. The fourth-order valence-electron chi connectivity index (χ4n) is 2.94. The van der Waals surface area contributed by atoms with Crippen molar-refractivity contribution in [2.45, 2.75) is 39.2 Å². The summed E-state index contributed by atoms with van der Waals surface area (Å²) in [6.45, 7) is 8.06. The molecule has 0 aliphatic carbocycles. The second kappa shape index (κ2) is 13.2. The van der Waals surface area contributed by atoms with Gasteiger partial charge < -0.3 is 20.9 Å². The van der Waals surface area contributed by atoms with E-state index in [1.54, 1.807) is 0 Å². The first-order chi connectivity index (χ1) is 12.6. The van der Waals surface area contributed by atoms with E-state index in [-0.39, 0.29) is 29.9 Å². The maximum atomic E-state index is 11.7. The number of nitrogens with one attached hydrogen (secondary N) is 3. The summed E-state index contributed by atoms with van der Waals surface area (Å²) in [7, 11) is 0. The first-order valence-electron chi connectivity index (χ1n) is 9.45. The van der Waals surface area contributed by atoms with Crippen molar-refractivity contribution in [2.75, 3.05) is 37.6 Å². The Morgan fingerprint density at radius 2 is 2.07 bits per heavy atom. The molecule has 1 aromatic rings. The summed E-state index contributed by atoms with van der Waals surface area (Å²) in [6, 6.07) is 8.65. The number of anilines is 1. The van der Waals surface area contributed by atoms with Gasteiger partial charge in [0.15, 0.2) is 5.96 Å². The molecule has 152 valence electrons. The highest BCUT2D eigenvalue weighted by Crippen LogP contribution is 2.28. The Morgan fingerprint density at radius 1 is 1.30 bits per heavy atom. The Morgan fingerprint density at radius 3 is 2.78 bits per heavy atom. The molecule has 1 amide bonds. The molecule has 0 saturated carbocycles. The van der Waals surface area contributed by atoms with Crippen molar-refractivity contribution in [3.05, 3.63) is 28.7 Å². The van der Waals surface area contributed by atoms with Gasteiger partial charge in [-0.15, -0.1) is 24.0 Å². The number of halogens is 2. The number of amides is 1. The molecule has 6 nitrogen and oxygen atoms in total. The molecule has 1 atom stereocenters. The van der Waals surface area contributed by atoms with E-state index in [9.17, 15) is 4.79 Å². The number of rotatable bonds is 8. The molecule has 8 heteroatoms. The van der Waals surface area contributed by atoms with Crippen molar-refractivity contribution in [3.8, 4) is 0 Å². The minimum atomic E-state index is 0. The number of guanidine groups is 1. The maximum Gasteiger partial charge on any atom is 0.221 e. The van der Waals surface area contributed by atoms with E-state index in [1.807, 2.05) is 19.9 Å². The lowest BCUT2D eigenvalue weighted by Gasteiger charge is -2.21. The first kappa shape index (κ1) is 24.0. The van der Waals surface area contributed by atoms with Gasteiger partial charge in [0, 0.05) is 43.1 Å². The Balaban J connectivity index is 0.00000364. The standard InChI is InChI=1S/C19H30BrN5O.HI/c1-3-11-22-18(26)9-12-23-19(21-4-2)24-15-10-13-25(14-15)17-8-6-5-7-16(17)20;/h5-8,15H,3-4,9-14H2,1-2H3,(H,22,26)(H2,21,23,24);1H. The van der Waals surface area contributed by atoms with E-state index in [2.05, 4.69) is 60.0 Å². The number of carbonyl (C=O) groups is 1. The summed E-state index contributed by atoms with van der Waals surface area (Å²) in [5, 5.41) is 9.66. The highest BCUT2D eigenvalue weighted by molar-refractivity contribution is 14.0. The fourth-order valence-corrected chi connectivity index (χ4v) is 3.48. The Kier molecular flexibility index (Phi) is 11.7. The minimum Gasteiger partial charge on any atom is -0.368 e. The molecular weight excluding hydrogens is 521 g/mol. The summed E-state index contributed by atoms with van der Waals surface area (Å²) in [5.74, 6) is 0.849. The lowest BCUT2D eigenvalue weighted by Crippen LogP contribution is -2.44. The van der Waals surface area contributed by atoms with Gasteiger partial charge in [0.25, 0.3) is 0 Å². The third kappa shape index (κ3) is 8.25. The molecule has 0 radical (unpaired) electrons. The average Bonchev–Trinajstić information content (AvgIpc) is 3.08. The van der Waals surface area contributed by atoms with E-state index >= 15 is 0 Å². The predicted octanol–water partition coefficient (Wildman–Crippen LogP) is 3.12. The summed E-state index contributed by atoms with van der Waals surface area (Å²) >= 11 is 3.63. The van der Waals surface area contributed by atoms with Crippen LogP contribution in [0.15, 0.2) is 33.7 Å². The smallest absolute Gasteiger partial charge is 0.221 e. The van der Waals surface area contributed by atoms with Gasteiger partial charge >= 0.3 is 0 Å². The highest BCUT2D eigenvalue weighted by atomic mass is 127. The Bertz CT molecular complexity index is 614. The summed E-state index contributed by atoms with van der Waals surface area (Å²) in [6.07, 6.45) is 2.43. The molecule has 1 aliphatic heterocycles. The zero-order valence-corrected chi connectivity index (χ0v) is 20.0. The van der Waals surface area contributed by atoms with Crippen LogP contribution >= 0.6 is 39.9 Å².